The number of aromatic nitrogens is 1. The largest absolute Gasteiger partial charge is 0.381 e. The number of nitrogens with one attached hydrogen (secondary N) is 1. The monoisotopic (exact) mass is 224 g/mol. The van der Waals surface area contributed by atoms with Crippen LogP contribution in [0.3, 0.4) is 0 Å². The molecule has 1 aromatic heterocycles. The molecule has 0 spiro atoms. The smallest absolute Gasteiger partial charge is 0.0489 e. The Hall–Kier alpha value is -0.800. The molecule has 3 heteroatoms. The van der Waals surface area contributed by atoms with Gasteiger partial charge in [-0.15, -0.1) is 0 Å². The fourth-order valence-corrected chi connectivity index (χ4v) is 1.51. The van der Waals surface area contributed by atoms with Crippen molar-refractivity contribution in [1.82, 2.24) is 9.88 Å². The first kappa shape index (κ1) is 13.3. The molecule has 0 aliphatic heterocycles. The molecule has 1 heterocycles. The Kier molecular flexibility index (Phi) is 6.19. The lowest BCUT2D eigenvalue weighted by atomic mass is 10.2. The summed E-state index contributed by atoms with van der Waals surface area (Å²) >= 11 is 0. The molecule has 0 saturated carbocycles. The van der Waals surface area contributed by atoms with Gasteiger partial charge in [-0.3, -0.25) is 0 Å². The van der Waals surface area contributed by atoms with Gasteiger partial charge in [0.2, 0.25) is 0 Å². The Morgan fingerprint density at radius 3 is 2.88 bits per heavy atom. The van der Waals surface area contributed by atoms with Gasteiger partial charge in [-0.2, -0.15) is 0 Å². The summed E-state index contributed by atoms with van der Waals surface area (Å²) in [7, 11) is 2.07. The average Bonchev–Trinajstić information content (AvgIpc) is 2.62. The van der Waals surface area contributed by atoms with Crippen molar-refractivity contribution in [3.05, 3.63) is 24.0 Å². The highest BCUT2D eigenvalue weighted by Gasteiger charge is 1.96. The van der Waals surface area contributed by atoms with Crippen LogP contribution >= 0.6 is 0 Å². The average molecular weight is 224 g/mol. The van der Waals surface area contributed by atoms with Gasteiger partial charge in [0.05, 0.1) is 0 Å². The molecular formula is C13H24N2O. The number of rotatable bonds is 8. The fraction of sp³-hybridized carbons (Fsp3) is 0.692. The second kappa shape index (κ2) is 7.47. The Labute approximate surface area is 98.8 Å². The van der Waals surface area contributed by atoms with Crippen LogP contribution in [0.4, 0.5) is 0 Å². The minimum Gasteiger partial charge on any atom is -0.381 e. The number of aryl methyl sites for hydroxylation is 1. The van der Waals surface area contributed by atoms with Crippen molar-refractivity contribution in [2.75, 3.05) is 19.8 Å². The first-order valence-corrected chi connectivity index (χ1v) is 6.09. The van der Waals surface area contributed by atoms with Gasteiger partial charge in [0.15, 0.2) is 0 Å². The maximum absolute atomic E-state index is 5.51. The van der Waals surface area contributed by atoms with Gasteiger partial charge in [0.1, 0.15) is 0 Å². The third kappa shape index (κ3) is 5.33. The van der Waals surface area contributed by atoms with Crippen molar-refractivity contribution >= 4 is 0 Å². The summed E-state index contributed by atoms with van der Waals surface area (Å²) in [5, 5.41) is 3.42. The van der Waals surface area contributed by atoms with Crippen LogP contribution in [0, 0.1) is 5.92 Å². The van der Waals surface area contributed by atoms with E-state index < -0.39 is 0 Å². The molecule has 1 rings (SSSR count). The highest BCUT2D eigenvalue weighted by molar-refractivity contribution is 5.05. The predicted molar refractivity (Wildman–Crippen MR) is 67.4 cm³/mol. The Balaban J connectivity index is 1.94. The van der Waals surface area contributed by atoms with Gasteiger partial charge in [0.25, 0.3) is 0 Å². The number of hydrogen-bond donors (Lipinski definition) is 1. The topological polar surface area (TPSA) is 26.2 Å². The van der Waals surface area contributed by atoms with Gasteiger partial charge in [-0.1, -0.05) is 13.8 Å². The maximum atomic E-state index is 5.51. The van der Waals surface area contributed by atoms with E-state index in [9.17, 15) is 0 Å². The second-order valence-electron chi connectivity index (χ2n) is 4.61. The van der Waals surface area contributed by atoms with Gasteiger partial charge in [-0.25, -0.2) is 0 Å². The van der Waals surface area contributed by atoms with Gasteiger partial charge in [0, 0.05) is 38.7 Å². The van der Waals surface area contributed by atoms with E-state index in [0.717, 1.165) is 32.7 Å². The van der Waals surface area contributed by atoms with Gasteiger partial charge in [-0.05, 0) is 31.0 Å². The zero-order valence-corrected chi connectivity index (χ0v) is 10.7. The lowest BCUT2D eigenvalue weighted by molar-refractivity contribution is 0.108. The standard InChI is InChI=1S/C13H24N2O/c1-12(2)11-16-9-5-7-14-10-13-6-4-8-15(13)3/h4,6,8,12,14H,5,7,9-11H2,1-3H3. The third-order valence-electron chi connectivity index (χ3n) is 2.45. The van der Waals surface area contributed by atoms with Crippen LogP contribution in [-0.2, 0) is 18.3 Å². The fourth-order valence-electron chi connectivity index (χ4n) is 1.51. The molecule has 0 radical (unpaired) electrons. The quantitative estimate of drug-likeness (QED) is 0.685. The summed E-state index contributed by atoms with van der Waals surface area (Å²) in [6, 6.07) is 4.21. The van der Waals surface area contributed by atoms with Crippen molar-refractivity contribution in [3.63, 3.8) is 0 Å². The van der Waals surface area contributed by atoms with Crippen LogP contribution in [0.25, 0.3) is 0 Å². The molecule has 0 bridgehead atoms. The van der Waals surface area contributed by atoms with Crippen LogP contribution < -0.4 is 5.32 Å². The summed E-state index contributed by atoms with van der Waals surface area (Å²) in [6.45, 7) is 8.04. The van der Waals surface area contributed by atoms with Crippen molar-refractivity contribution in [2.45, 2.75) is 26.8 Å². The molecule has 1 N–H and O–H groups in total. The van der Waals surface area contributed by atoms with Gasteiger partial charge < -0.3 is 14.6 Å². The van der Waals surface area contributed by atoms with Gasteiger partial charge >= 0.3 is 0 Å². The molecule has 1 aromatic rings. The summed E-state index contributed by atoms with van der Waals surface area (Å²) in [4.78, 5) is 0. The molecule has 0 atom stereocenters. The minimum absolute atomic E-state index is 0.635. The van der Waals surface area contributed by atoms with E-state index in [1.165, 1.54) is 5.69 Å². The zero-order chi connectivity index (χ0) is 11.8. The molecule has 0 aromatic carbocycles. The van der Waals surface area contributed by atoms with Crippen LogP contribution in [0.15, 0.2) is 18.3 Å². The number of hydrogen-bond acceptors (Lipinski definition) is 2. The Morgan fingerprint density at radius 2 is 2.25 bits per heavy atom. The predicted octanol–water partition coefficient (Wildman–Crippen LogP) is 2.18. The third-order valence-corrected chi connectivity index (χ3v) is 2.45. The van der Waals surface area contributed by atoms with E-state index in [4.69, 9.17) is 4.74 Å². The molecule has 0 unspecified atom stereocenters. The highest BCUT2D eigenvalue weighted by atomic mass is 16.5. The zero-order valence-electron chi connectivity index (χ0n) is 10.7. The summed E-state index contributed by atoms with van der Waals surface area (Å²) in [6.07, 6.45) is 3.15. The molecule has 3 nitrogen and oxygen atoms in total. The number of nitrogens with zero attached hydrogens (tertiary/aromatic N) is 1. The first-order chi connectivity index (χ1) is 7.70. The Bertz CT molecular complexity index is 281. The van der Waals surface area contributed by atoms with E-state index >= 15 is 0 Å². The molecule has 0 aliphatic carbocycles. The summed E-state index contributed by atoms with van der Waals surface area (Å²) in [5.74, 6) is 0.635. The summed E-state index contributed by atoms with van der Waals surface area (Å²) < 4.78 is 7.65. The normalized spacial score (nSPS) is 11.2. The first-order valence-electron chi connectivity index (χ1n) is 6.09. The van der Waals surface area contributed by atoms with E-state index in [-0.39, 0.29) is 0 Å². The highest BCUT2D eigenvalue weighted by Crippen LogP contribution is 1.98. The van der Waals surface area contributed by atoms with Crippen LogP contribution in [0.2, 0.25) is 0 Å². The van der Waals surface area contributed by atoms with Crippen molar-refractivity contribution in [2.24, 2.45) is 13.0 Å². The number of ether oxygens (including phenoxy) is 1. The molecule has 92 valence electrons. The second-order valence-corrected chi connectivity index (χ2v) is 4.61. The molecule has 0 fully saturated rings. The Morgan fingerprint density at radius 1 is 1.44 bits per heavy atom. The maximum Gasteiger partial charge on any atom is 0.0489 e. The molecule has 0 saturated heterocycles. The van der Waals surface area contributed by atoms with Crippen molar-refractivity contribution in [1.29, 1.82) is 0 Å². The van der Waals surface area contributed by atoms with Crippen LogP contribution in [-0.4, -0.2) is 24.3 Å². The lowest BCUT2D eigenvalue weighted by Crippen LogP contribution is -2.18. The molecule has 0 amide bonds. The molecule has 16 heavy (non-hydrogen) atoms. The van der Waals surface area contributed by atoms with Crippen LogP contribution in [0.5, 0.6) is 0 Å². The summed E-state index contributed by atoms with van der Waals surface area (Å²) in [5.41, 5.74) is 1.32. The van der Waals surface area contributed by atoms with E-state index in [1.807, 2.05) is 0 Å². The van der Waals surface area contributed by atoms with Crippen molar-refractivity contribution < 1.29 is 4.74 Å². The van der Waals surface area contributed by atoms with E-state index in [1.54, 1.807) is 0 Å². The van der Waals surface area contributed by atoms with Crippen LogP contribution in [0.1, 0.15) is 26.0 Å². The SMILES string of the molecule is CC(C)COCCCNCc1cccn1C. The minimum atomic E-state index is 0.635. The van der Waals surface area contributed by atoms with Crippen molar-refractivity contribution in [3.8, 4) is 0 Å². The lowest BCUT2D eigenvalue weighted by Gasteiger charge is -2.08. The molecule has 0 aliphatic rings. The molecular weight excluding hydrogens is 200 g/mol. The van der Waals surface area contributed by atoms with E-state index in [2.05, 4.69) is 49.1 Å². The van der Waals surface area contributed by atoms with E-state index in [0.29, 0.717) is 5.92 Å².